The number of amides is 2. The fourth-order valence-electron chi connectivity index (χ4n) is 2.05. The normalized spacial score (nSPS) is 17.8. The Labute approximate surface area is 122 Å². The number of benzene rings is 1. The molecule has 0 radical (unpaired) electrons. The highest BCUT2D eigenvalue weighted by Gasteiger charge is 2.27. The van der Waals surface area contributed by atoms with Crippen molar-refractivity contribution < 1.29 is 14.3 Å². The van der Waals surface area contributed by atoms with Gasteiger partial charge in [-0.1, -0.05) is 11.6 Å². The molecule has 0 bridgehead atoms. The van der Waals surface area contributed by atoms with E-state index in [1.807, 2.05) is 0 Å². The average Bonchev–Trinajstić information content (AvgIpc) is 2.94. The molecular weight excluding hydrogens is 280 g/mol. The predicted molar refractivity (Wildman–Crippen MR) is 76.7 cm³/mol. The molecule has 2 rings (SSSR count). The maximum absolute atomic E-state index is 12.0. The Balaban J connectivity index is 1.84. The van der Waals surface area contributed by atoms with E-state index in [4.69, 9.17) is 16.3 Å². The molecule has 1 N–H and O–H groups in total. The van der Waals surface area contributed by atoms with Crippen molar-refractivity contribution in [3.05, 3.63) is 29.3 Å². The molecule has 0 saturated carbocycles. The fourth-order valence-corrected chi connectivity index (χ4v) is 2.17. The number of anilines is 1. The van der Waals surface area contributed by atoms with Crippen LogP contribution in [0, 0.1) is 0 Å². The summed E-state index contributed by atoms with van der Waals surface area (Å²) in [6.07, 6.45) is 1.21. The van der Waals surface area contributed by atoms with Crippen molar-refractivity contribution >= 4 is 29.1 Å². The Morgan fingerprint density at radius 3 is 2.70 bits per heavy atom. The fraction of sp³-hybridized carbons (Fsp3) is 0.429. The molecule has 20 heavy (non-hydrogen) atoms. The average molecular weight is 297 g/mol. The van der Waals surface area contributed by atoms with Crippen LogP contribution in [-0.4, -0.2) is 43.0 Å². The van der Waals surface area contributed by atoms with Gasteiger partial charge in [-0.2, -0.15) is 0 Å². The van der Waals surface area contributed by atoms with Crippen LogP contribution in [0.4, 0.5) is 5.69 Å². The Kier molecular flexibility index (Phi) is 4.98. The Morgan fingerprint density at radius 1 is 1.40 bits per heavy atom. The monoisotopic (exact) mass is 296 g/mol. The highest BCUT2D eigenvalue weighted by Crippen LogP contribution is 2.15. The van der Waals surface area contributed by atoms with Gasteiger partial charge in [-0.15, -0.1) is 0 Å². The molecule has 1 aliphatic rings. The van der Waals surface area contributed by atoms with E-state index in [2.05, 4.69) is 5.32 Å². The van der Waals surface area contributed by atoms with Crippen LogP contribution < -0.4 is 5.32 Å². The van der Waals surface area contributed by atoms with Crippen LogP contribution >= 0.6 is 11.6 Å². The van der Waals surface area contributed by atoms with Crippen LogP contribution in [0.5, 0.6) is 0 Å². The van der Waals surface area contributed by atoms with Gasteiger partial charge in [0.2, 0.25) is 5.91 Å². The zero-order valence-corrected chi connectivity index (χ0v) is 12.0. The minimum atomic E-state index is -0.400. The summed E-state index contributed by atoms with van der Waals surface area (Å²) in [5.74, 6) is -0.394. The third-order valence-electron chi connectivity index (χ3n) is 3.09. The topological polar surface area (TPSA) is 58.6 Å². The highest BCUT2D eigenvalue weighted by atomic mass is 35.5. The van der Waals surface area contributed by atoms with Gasteiger partial charge in [0, 0.05) is 24.4 Å². The summed E-state index contributed by atoms with van der Waals surface area (Å²) in [5, 5.41) is 3.32. The number of ether oxygens (including phenoxy) is 1. The molecule has 0 spiro atoms. The largest absolute Gasteiger partial charge is 0.368 e. The van der Waals surface area contributed by atoms with Gasteiger partial charge in [0.15, 0.2) is 0 Å². The van der Waals surface area contributed by atoms with Crippen molar-refractivity contribution in [2.75, 3.05) is 25.5 Å². The molecule has 1 aromatic carbocycles. The van der Waals surface area contributed by atoms with Crippen LogP contribution in [0.3, 0.4) is 0 Å². The molecule has 6 heteroatoms. The lowest BCUT2D eigenvalue weighted by atomic mass is 10.2. The Morgan fingerprint density at radius 2 is 2.10 bits per heavy atom. The number of rotatable bonds is 4. The third kappa shape index (κ3) is 3.95. The molecule has 1 heterocycles. The maximum atomic E-state index is 12.0. The van der Waals surface area contributed by atoms with Gasteiger partial charge in [0.05, 0.1) is 6.54 Å². The number of carbonyl (C=O) groups excluding carboxylic acids is 2. The van der Waals surface area contributed by atoms with Gasteiger partial charge in [0.1, 0.15) is 6.10 Å². The number of nitrogens with one attached hydrogen (secondary N) is 1. The van der Waals surface area contributed by atoms with Crippen LogP contribution in [-0.2, 0) is 14.3 Å². The predicted octanol–water partition coefficient (Wildman–Crippen LogP) is 1.92. The smallest absolute Gasteiger partial charge is 0.251 e. The number of carbonyl (C=O) groups is 2. The number of likely N-dealkylation sites (N-methyl/N-ethyl adjacent to an activating group) is 1. The van der Waals surface area contributed by atoms with Crippen LogP contribution in [0.2, 0.25) is 5.02 Å². The van der Waals surface area contributed by atoms with Gasteiger partial charge in [-0.25, -0.2) is 0 Å². The maximum Gasteiger partial charge on any atom is 0.251 e. The minimum absolute atomic E-state index is 0.00131. The summed E-state index contributed by atoms with van der Waals surface area (Å²) in [5.41, 5.74) is 0.650. The lowest BCUT2D eigenvalue weighted by Gasteiger charge is -2.20. The SMILES string of the molecule is CN(CC(=O)Nc1ccc(Cl)cc1)C(=O)[C@@H]1CCCO1. The number of halogens is 1. The van der Waals surface area contributed by atoms with Crippen molar-refractivity contribution in [3.8, 4) is 0 Å². The van der Waals surface area contributed by atoms with Crippen molar-refractivity contribution in [3.63, 3.8) is 0 Å². The molecule has 1 aliphatic heterocycles. The summed E-state index contributed by atoms with van der Waals surface area (Å²) >= 11 is 5.77. The van der Waals surface area contributed by atoms with Crippen LogP contribution in [0.25, 0.3) is 0 Å². The first-order valence-electron chi connectivity index (χ1n) is 6.48. The molecule has 1 fully saturated rings. The second kappa shape index (κ2) is 6.72. The van der Waals surface area contributed by atoms with E-state index in [1.54, 1.807) is 31.3 Å². The van der Waals surface area contributed by atoms with Crippen molar-refractivity contribution in [1.29, 1.82) is 0 Å². The molecule has 0 aromatic heterocycles. The molecule has 1 aromatic rings. The van der Waals surface area contributed by atoms with Crippen molar-refractivity contribution in [1.82, 2.24) is 4.90 Å². The summed E-state index contributed by atoms with van der Waals surface area (Å²) in [4.78, 5) is 25.2. The standard InChI is InChI=1S/C14H17ClN2O3/c1-17(14(19)12-3-2-8-20-12)9-13(18)16-11-6-4-10(15)5-7-11/h4-7,12H,2-3,8-9H2,1H3,(H,16,18)/t12-/m0/s1. The Bertz CT molecular complexity index is 484. The lowest BCUT2D eigenvalue weighted by Crippen LogP contribution is -2.40. The molecule has 0 aliphatic carbocycles. The van der Waals surface area contributed by atoms with Crippen molar-refractivity contribution in [2.24, 2.45) is 0 Å². The van der Waals surface area contributed by atoms with Gasteiger partial charge in [-0.3, -0.25) is 9.59 Å². The number of hydrogen-bond acceptors (Lipinski definition) is 3. The zero-order valence-electron chi connectivity index (χ0n) is 11.3. The first kappa shape index (κ1) is 14.8. The molecule has 2 amide bonds. The highest BCUT2D eigenvalue weighted by molar-refractivity contribution is 6.30. The second-order valence-corrected chi connectivity index (χ2v) is 5.19. The van der Waals surface area contributed by atoms with E-state index in [-0.39, 0.29) is 18.4 Å². The summed E-state index contributed by atoms with van der Waals surface area (Å²) in [7, 11) is 1.60. The van der Waals surface area contributed by atoms with Gasteiger partial charge < -0.3 is 15.0 Å². The van der Waals surface area contributed by atoms with E-state index in [1.165, 1.54) is 4.90 Å². The first-order valence-corrected chi connectivity index (χ1v) is 6.86. The van der Waals surface area contributed by atoms with E-state index in [0.717, 1.165) is 12.8 Å². The zero-order chi connectivity index (χ0) is 14.5. The number of hydrogen-bond donors (Lipinski definition) is 1. The van der Waals surface area contributed by atoms with Crippen LogP contribution in [0.1, 0.15) is 12.8 Å². The van der Waals surface area contributed by atoms with E-state index >= 15 is 0 Å². The van der Waals surface area contributed by atoms with Gasteiger partial charge >= 0.3 is 0 Å². The molecular formula is C14H17ClN2O3. The van der Waals surface area contributed by atoms with E-state index in [0.29, 0.717) is 17.3 Å². The Hall–Kier alpha value is -1.59. The van der Waals surface area contributed by atoms with E-state index < -0.39 is 6.10 Å². The number of nitrogens with zero attached hydrogens (tertiary/aromatic N) is 1. The molecule has 1 atom stereocenters. The summed E-state index contributed by atoms with van der Waals surface area (Å²) in [6.45, 7) is 0.614. The first-order chi connectivity index (χ1) is 9.56. The molecule has 1 saturated heterocycles. The van der Waals surface area contributed by atoms with Gasteiger partial charge in [0.25, 0.3) is 5.91 Å². The van der Waals surface area contributed by atoms with Crippen LogP contribution in [0.15, 0.2) is 24.3 Å². The molecule has 5 nitrogen and oxygen atoms in total. The summed E-state index contributed by atoms with van der Waals surface area (Å²) in [6, 6.07) is 6.81. The van der Waals surface area contributed by atoms with E-state index in [9.17, 15) is 9.59 Å². The van der Waals surface area contributed by atoms with Gasteiger partial charge in [-0.05, 0) is 37.1 Å². The molecule has 0 unspecified atom stereocenters. The quantitative estimate of drug-likeness (QED) is 0.923. The lowest BCUT2D eigenvalue weighted by molar-refractivity contribution is -0.141. The molecule has 108 valence electrons. The second-order valence-electron chi connectivity index (χ2n) is 4.75. The summed E-state index contributed by atoms with van der Waals surface area (Å²) < 4.78 is 5.31. The van der Waals surface area contributed by atoms with Crippen molar-refractivity contribution in [2.45, 2.75) is 18.9 Å². The third-order valence-corrected chi connectivity index (χ3v) is 3.34. The minimum Gasteiger partial charge on any atom is -0.368 e.